The van der Waals surface area contributed by atoms with Crippen molar-refractivity contribution in [1.29, 1.82) is 0 Å². The monoisotopic (exact) mass is 166 g/mol. The van der Waals surface area contributed by atoms with Crippen molar-refractivity contribution in [2.75, 3.05) is 0 Å². The largest absolute Gasteiger partial charge is 1.00 e. The van der Waals surface area contributed by atoms with Gasteiger partial charge in [0, 0.05) is 0 Å². The standard InChI is InChI=1S/C3H3S2.Cu/c1-2-5-3-4-1;/h1-3H;/q-1;+1. The molecule has 1 rings (SSSR count). The van der Waals surface area contributed by atoms with Crippen molar-refractivity contribution in [2.24, 2.45) is 0 Å². The summed E-state index contributed by atoms with van der Waals surface area (Å²) in [5, 5.41) is 6.20. The molecule has 0 bridgehead atoms. The van der Waals surface area contributed by atoms with Gasteiger partial charge in [0.25, 0.3) is 0 Å². The van der Waals surface area contributed by atoms with Gasteiger partial charge in [0.1, 0.15) is 0 Å². The molecule has 0 spiro atoms. The maximum absolute atomic E-state index is 2.08. The molecule has 1 aliphatic heterocycles. The minimum atomic E-state index is 0. The molecule has 0 aromatic carbocycles. The number of hydrogen-bond acceptors (Lipinski definition) is 2. The summed E-state index contributed by atoms with van der Waals surface area (Å²) in [7, 11) is 0. The molecule has 0 nitrogen and oxygen atoms in total. The Kier molecular flexibility index (Phi) is 4.79. The van der Waals surface area contributed by atoms with Crippen molar-refractivity contribution < 1.29 is 17.1 Å². The van der Waals surface area contributed by atoms with Crippen molar-refractivity contribution in [1.82, 2.24) is 0 Å². The van der Waals surface area contributed by atoms with E-state index in [0.29, 0.717) is 0 Å². The zero-order chi connectivity index (χ0) is 3.54. The van der Waals surface area contributed by atoms with E-state index in [2.05, 4.69) is 15.9 Å². The molecule has 0 aromatic heterocycles. The molecule has 0 N–H and O–H groups in total. The minimum absolute atomic E-state index is 0. The Hall–Kier alpha value is 0.959. The molecule has 1 heterocycles. The topological polar surface area (TPSA) is 0 Å². The average molecular weight is 167 g/mol. The predicted molar refractivity (Wildman–Crippen MR) is 28.6 cm³/mol. The first-order valence-electron chi connectivity index (χ1n) is 1.28. The van der Waals surface area contributed by atoms with Gasteiger partial charge in [0.05, 0.1) is 0 Å². The molecule has 0 fully saturated rings. The van der Waals surface area contributed by atoms with Crippen LogP contribution in [-0.2, 0) is 17.1 Å². The molecule has 1 aliphatic rings. The maximum Gasteiger partial charge on any atom is 1.00 e. The van der Waals surface area contributed by atoms with Crippen LogP contribution in [0, 0.1) is 5.08 Å². The third-order valence-corrected chi connectivity index (χ3v) is 1.97. The summed E-state index contributed by atoms with van der Waals surface area (Å²) < 4.78 is 0. The molecule has 0 amide bonds. The summed E-state index contributed by atoms with van der Waals surface area (Å²) in [6, 6.07) is 0. The van der Waals surface area contributed by atoms with Crippen molar-refractivity contribution in [3.63, 3.8) is 0 Å². The second-order valence-corrected chi connectivity index (χ2v) is 2.50. The van der Waals surface area contributed by atoms with Crippen LogP contribution in [0.25, 0.3) is 0 Å². The van der Waals surface area contributed by atoms with Crippen LogP contribution in [0.2, 0.25) is 0 Å². The van der Waals surface area contributed by atoms with E-state index in [1.54, 1.807) is 23.5 Å². The Labute approximate surface area is 56.6 Å². The third kappa shape index (κ3) is 2.19. The first kappa shape index (κ1) is 6.96. The van der Waals surface area contributed by atoms with Crippen LogP contribution in [-0.4, -0.2) is 0 Å². The molecule has 6 heavy (non-hydrogen) atoms. The Morgan fingerprint density at radius 2 is 1.67 bits per heavy atom. The fraction of sp³-hybridized carbons (Fsp3) is 0. The summed E-state index contributed by atoms with van der Waals surface area (Å²) in [5.41, 5.74) is 0. The molecular formula is C3H3CuS2. The predicted octanol–water partition coefficient (Wildman–Crippen LogP) is 2.05. The van der Waals surface area contributed by atoms with E-state index in [9.17, 15) is 0 Å². The van der Waals surface area contributed by atoms with E-state index in [4.69, 9.17) is 0 Å². The number of hydrogen-bond donors (Lipinski definition) is 0. The van der Waals surface area contributed by atoms with E-state index < -0.39 is 0 Å². The SMILES string of the molecule is C1=CS[CH-]S1.[Cu+]. The van der Waals surface area contributed by atoms with Crippen molar-refractivity contribution >= 4 is 23.5 Å². The molecule has 0 unspecified atom stereocenters. The zero-order valence-electron chi connectivity index (χ0n) is 2.85. The van der Waals surface area contributed by atoms with Crippen LogP contribution in [0.5, 0.6) is 0 Å². The first-order chi connectivity index (χ1) is 2.50. The van der Waals surface area contributed by atoms with Crippen LogP contribution in [0.1, 0.15) is 0 Å². The quantitative estimate of drug-likeness (QED) is 0.399. The Morgan fingerprint density at radius 3 is 1.83 bits per heavy atom. The summed E-state index contributed by atoms with van der Waals surface area (Å²) in [6.07, 6.45) is 0. The summed E-state index contributed by atoms with van der Waals surface area (Å²) in [6.45, 7) is 0. The van der Waals surface area contributed by atoms with E-state index in [1.165, 1.54) is 0 Å². The molecule has 0 aromatic rings. The number of thioether (sulfide) groups is 2. The fourth-order valence-electron chi connectivity index (χ4n) is 0.160. The first-order valence-corrected chi connectivity index (χ1v) is 3.16. The van der Waals surface area contributed by atoms with Gasteiger partial charge in [0.2, 0.25) is 0 Å². The van der Waals surface area contributed by atoms with Crippen LogP contribution in [0.4, 0.5) is 0 Å². The molecule has 0 aliphatic carbocycles. The average Bonchev–Trinajstić information content (AvgIpc) is 1.76. The summed E-state index contributed by atoms with van der Waals surface area (Å²) in [5.74, 6) is 0. The Balaban J connectivity index is 0.000000250. The van der Waals surface area contributed by atoms with Gasteiger partial charge < -0.3 is 23.5 Å². The third-order valence-electron chi connectivity index (χ3n) is 0.324. The molecule has 0 saturated heterocycles. The Morgan fingerprint density at radius 1 is 1.17 bits per heavy atom. The smallest absolute Gasteiger partial charge is 0.313 e. The van der Waals surface area contributed by atoms with Gasteiger partial charge in [-0.3, -0.25) is 0 Å². The van der Waals surface area contributed by atoms with Crippen LogP contribution < -0.4 is 0 Å². The summed E-state index contributed by atoms with van der Waals surface area (Å²) >= 11 is 3.46. The van der Waals surface area contributed by atoms with Crippen LogP contribution in [0.3, 0.4) is 0 Å². The molecular weight excluding hydrogens is 164 g/mol. The normalized spacial score (nSPS) is 17.3. The van der Waals surface area contributed by atoms with Gasteiger partial charge in [-0.2, -0.15) is 0 Å². The van der Waals surface area contributed by atoms with Crippen molar-refractivity contribution in [2.45, 2.75) is 0 Å². The fourth-order valence-corrected chi connectivity index (χ4v) is 1.44. The second-order valence-electron chi connectivity index (χ2n) is 0.641. The molecule has 0 saturated carbocycles. The van der Waals surface area contributed by atoms with Crippen molar-refractivity contribution in [3.05, 3.63) is 15.9 Å². The minimum Gasteiger partial charge on any atom is -0.313 e. The van der Waals surface area contributed by atoms with Gasteiger partial charge in [0.15, 0.2) is 0 Å². The number of rotatable bonds is 0. The molecule has 0 atom stereocenters. The molecule has 38 valence electrons. The Bertz CT molecular complexity index is 46.8. The van der Waals surface area contributed by atoms with Crippen molar-refractivity contribution in [3.8, 4) is 0 Å². The van der Waals surface area contributed by atoms with Gasteiger partial charge in [-0.1, -0.05) is 10.8 Å². The van der Waals surface area contributed by atoms with Crippen LogP contribution in [0.15, 0.2) is 10.8 Å². The van der Waals surface area contributed by atoms with Gasteiger partial charge in [-0.15, -0.1) is 0 Å². The van der Waals surface area contributed by atoms with Gasteiger partial charge in [-0.05, 0) is 0 Å². The van der Waals surface area contributed by atoms with Gasteiger partial charge >= 0.3 is 17.1 Å². The van der Waals surface area contributed by atoms with E-state index in [-0.39, 0.29) is 17.1 Å². The second kappa shape index (κ2) is 4.13. The molecule has 0 radical (unpaired) electrons. The molecule has 3 heteroatoms. The van der Waals surface area contributed by atoms with E-state index >= 15 is 0 Å². The van der Waals surface area contributed by atoms with E-state index in [0.717, 1.165) is 0 Å². The van der Waals surface area contributed by atoms with Gasteiger partial charge in [-0.25, -0.2) is 5.08 Å². The van der Waals surface area contributed by atoms with Crippen LogP contribution >= 0.6 is 23.5 Å². The maximum atomic E-state index is 2.08. The van der Waals surface area contributed by atoms with E-state index in [1.807, 2.05) is 0 Å². The zero-order valence-corrected chi connectivity index (χ0v) is 5.42. The summed E-state index contributed by atoms with van der Waals surface area (Å²) in [4.78, 5) is 0.